The lowest BCUT2D eigenvalue weighted by molar-refractivity contribution is 0.300. The van der Waals surface area contributed by atoms with Crippen molar-refractivity contribution in [2.24, 2.45) is 11.7 Å². The Hall–Kier alpha value is -0.930. The zero-order valence-electron chi connectivity index (χ0n) is 11.0. The van der Waals surface area contributed by atoms with Crippen molar-refractivity contribution >= 4 is 0 Å². The van der Waals surface area contributed by atoms with Gasteiger partial charge in [0.2, 0.25) is 0 Å². The fourth-order valence-electron chi connectivity index (χ4n) is 1.75. The molecule has 0 heterocycles. The first kappa shape index (κ1) is 14.1. The number of hydrogen-bond acceptors (Lipinski definition) is 2. The lowest BCUT2D eigenvalue weighted by atomic mass is 10.1. The molecule has 0 spiro atoms. The Morgan fingerprint density at radius 2 is 2.12 bits per heavy atom. The average Bonchev–Trinajstić information content (AvgIpc) is 2.31. The summed E-state index contributed by atoms with van der Waals surface area (Å²) in [6.45, 7) is 6.59. The molecule has 2 nitrogen and oxygen atoms in total. The van der Waals surface area contributed by atoms with Crippen molar-refractivity contribution in [1.29, 1.82) is 0 Å². The summed E-state index contributed by atoms with van der Waals surface area (Å²) in [6.07, 6.45) is 1.10. The second-order valence-corrected chi connectivity index (χ2v) is 4.95. The summed E-state index contributed by atoms with van der Waals surface area (Å²) in [4.78, 5) is 2.25. The molecule has 1 aromatic rings. The van der Waals surface area contributed by atoms with Crippen LogP contribution in [-0.2, 0) is 6.54 Å². The van der Waals surface area contributed by atoms with E-state index in [0.717, 1.165) is 31.6 Å². The predicted octanol–water partition coefficient (Wildman–Crippen LogP) is 2.55. The van der Waals surface area contributed by atoms with Gasteiger partial charge in [-0.3, -0.25) is 0 Å². The highest BCUT2D eigenvalue weighted by molar-refractivity contribution is 5.23. The van der Waals surface area contributed by atoms with Crippen LogP contribution in [0, 0.1) is 18.7 Å². The largest absolute Gasteiger partial charge is 0.330 e. The summed E-state index contributed by atoms with van der Waals surface area (Å²) in [5.41, 5.74) is 7.46. The molecule has 0 saturated carbocycles. The van der Waals surface area contributed by atoms with Gasteiger partial charge < -0.3 is 10.6 Å². The highest BCUT2D eigenvalue weighted by Crippen LogP contribution is 2.11. The van der Waals surface area contributed by atoms with Gasteiger partial charge in [0.15, 0.2) is 0 Å². The highest BCUT2D eigenvalue weighted by Gasteiger charge is 2.05. The Bertz CT molecular complexity index is 352. The molecule has 1 aromatic carbocycles. The molecule has 0 aliphatic carbocycles. The first-order chi connectivity index (χ1) is 8.02. The minimum atomic E-state index is -0.131. The van der Waals surface area contributed by atoms with E-state index < -0.39 is 0 Å². The average molecular weight is 238 g/mol. The Kier molecular flexibility index (Phi) is 5.59. The second-order valence-electron chi connectivity index (χ2n) is 4.95. The van der Waals surface area contributed by atoms with Gasteiger partial charge in [0.05, 0.1) is 0 Å². The van der Waals surface area contributed by atoms with Crippen LogP contribution in [-0.4, -0.2) is 25.0 Å². The van der Waals surface area contributed by atoms with E-state index in [1.807, 2.05) is 12.1 Å². The fraction of sp³-hybridized carbons (Fsp3) is 0.571. The van der Waals surface area contributed by atoms with Gasteiger partial charge in [-0.2, -0.15) is 0 Å². The number of halogens is 1. The van der Waals surface area contributed by atoms with Crippen molar-refractivity contribution in [3.8, 4) is 0 Å². The summed E-state index contributed by atoms with van der Waals surface area (Å²) in [5, 5.41) is 0. The van der Waals surface area contributed by atoms with Crippen molar-refractivity contribution in [3.63, 3.8) is 0 Å². The van der Waals surface area contributed by atoms with E-state index >= 15 is 0 Å². The molecule has 17 heavy (non-hydrogen) atoms. The minimum Gasteiger partial charge on any atom is -0.330 e. The van der Waals surface area contributed by atoms with E-state index in [0.29, 0.717) is 11.5 Å². The van der Waals surface area contributed by atoms with Crippen molar-refractivity contribution in [2.75, 3.05) is 20.1 Å². The SMILES string of the molecule is Cc1cc(CN(C)CCC(C)CN)ccc1F. The third kappa shape index (κ3) is 4.84. The summed E-state index contributed by atoms with van der Waals surface area (Å²) < 4.78 is 13.1. The number of nitrogens with two attached hydrogens (primary N) is 1. The third-order valence-electron chi connectivity index (χ3n) is 3.08. The van der Waals surface area contributed by atoms with Crippen molar-refractivity contribution in [2.45, 2.75) is 26.8 Å². The molecule has 0 amide bonds. The van der Waals surface area contributed by atoms with Crippen LogP contribution >= 0.6 is 0 Å². The number of hydrogen-bond donors (Lipinski definition) is 1. The molecule has 2 N–H and O–H groups in total. The van der Waals surface area contributed by atoms with Gasteiger partial charge in [-0.05, 0) is 56.6 Å². The Balaban J connectivity index is 2.44. The van der Waals surface area contributed by atoms with Crippen LogP contribution in [0.5, 0.6) is 0 Å². The van der Waals surface area contributed by atoms with E-state index in [1.165, 1.54) is 0 Å². The maximum atomic E-state index is 13.1. The summed E-state index contributed by atoms with van der Waals surface area (Å²) in [7, 11) is 2.09. The molecule has 0 aliphatic heterocycles. The molecule has 1 atom stereocenters. The van der Waals surface area contributed by atoms with E-state index in [4.69, 9.17) is 5.73 Å². The molecule has 1 rings (SSSR count). The van der Waals surface area contributed by atoms with Crippen molar-refractivity contribution < 1.29 is 4.39 Å². The number of benzene rings is 1. The maximum absolute atomic E-state index is 13.1. The van der Waals surface area contributed by atoms with Gasteiger partial charge in [-0.1, -0.05) is 19.1 Å². The molecule has 96 valence electrons. The quantitative estimate of drug-likeness (QED) is 0.825. The topological polar surface area (TPSA) is 29.3 Å². The van der Waals surface area contributed by atoms with Crippen LogP contribution in [0.4, 0.5) is 4.39 Å². The Morgan fingerprint density at radius 1 is 1.41 bits per heavy atom. The summed E-state index contributed by atoms with van der Waals surface area (Å²) in [5.74, 6) is 0.431. The van der Waals surface area contributed by atoms with Gasteiger partial charge in [0.25, 0.3) is 0 Å². The molecule has 0 bridgehead atoms. The van der Waals surface area contributed by atoms with E-state index in [2.05, 4.69) is 18.9 Å². The highest BCUT2D eigenvalue weighted by atomic mass is 19.1. The molecule has 0 radical (unpaired) electrons. The first-order valence-corrected chi connectivity index (χ1v) is 6.16. The minimum absolute atomic E-state index is 0.131. The lowest BCUT2D eigenvalue weighted by Crippen LogP contribution is -2.23. The van der Waals surface area contributed by atoms with Gasteiger partial charge in [-0.15, -0.1) is 0 Å². The van der Waals surface area contributed by atoms with E-state index in [1.54, 1.807) is 13.0 Å². The van der Waals surface area contributed by atoms with Crippen LogP contribution in [0.15, 0.2) is 18.2 Å². The fourth-order valence-corrected chi connectivity index (χ4v) is 1.75. The molecule has 1 unspecified atom stereocenters. The number of aryl methyl sites for hydroxylation is 1. The second kappa shape index (κ2) is 6.72. The van der Waals surface area contributed by atoms with Crippen molar-refractivity contribution in [3.05, 3.63) is 35.1 Å². The van der Waals surface area contributed by atoms with Gasteiger partial charge >= 0.3 is 0 Å². The Labute approximate surface area is 104 Å². The lowest BCUT2D eigenvalue weighted by Gasteiger charge is -2.19. The predicted molar refractivity (Wildman–Crippen MR) is 70.3 cm³/mol. The normalized spacial score (nSPS) is 13.1. The molecule has 0 fully saturated rings. The van der Waals surface area contributed by atoms with Crippen LogP contribution < -0.4 is 5.73 Å². The van der Waals surface area contributed by atoms with E-state index in [9.17, 15) is 4.39 Å². The molecule has 3 heteroatoms. The van der Waals surface area contributed by atoms with E-state index in [-0.39, 0.29) is 5.82 Å². The monoisotopic (exact) mass is 238 g/mol. The van der Waals surface area contributed by atoms with Gasteiger partial charge in [0.1, 0.15) is 5.82 Å². The zero-order valence-corrected chi connectivity index (χ0v) is 11.0. The van der Waals surface area contributed by atoms with Crippen molar-refractivity contribution in [1.82, 2.24) is 4.90 Å². The number of rotatable bonds is 6. The molecule has 0 aliphatic rings. The Morgan fingerprint density at radius 3 is 2.71 bits per heavy atom. The number of nitrogens with zero attached hydrogens (tertiary/aromatic N) is 1. The van der Waals surface area contributed by atoms with Gasteiger partial charge in [0, 0.05) is 6.54 Å². The van der Waals surface area contributed by atoms with Crippen LogP contribution in [0.25, 0.3) is 0 Å². The van der Waals surface area contributed by atoms with Crippen LogP contribution in [0.1, 0.15) is 24.5 Å². The molecule has 0 aromatic heterocycles. The van der Waals surface area contributed by atoms with Crippen LogP contribution in [0.3, 0.4) is 0 Å². The smallest absolute Gasteiger partial charge is 0.126 e. The molecular weight excluding hydrogens is 215 g/mol. The summed E-state index contributed by atoms with van der Waals surface area (Å²) >= 11 is 0. The summed E-state index contributed by atoms with van der Waals surface area (Å²) in [6, 6.07) is 5.31. The van der Waals surface area contributed by atoms with Crippen LogP contribution in [0.2, 0.25) is 0 Å². The van der Waals surface area contributed by atoms with Gasteiger partial charge in [-0.25, -0.2) is 4.39 Å². The molecule has 0 saturated heterocycles. The third-order valence-corrected chi connectivity index (χ3v) is 3.08. The first-order valence-electron chi connectivity index (χ1n) is 6.16. The maximum Gasteiger partial charge on any atom is 0.126 e. The molecular formula is C14H23FN2. The zero-order chi connectivity index (χ0) is 12.8. The standard InChI is InChI=1S/C14H23FN2/c1-11(9-16)6-7-17(3)10-13-4-5-14(15)12(2)8-13/h4-5,8,11H,6-7,9-10,16H2,1-3H3.